The van der Waals surface area contributed by atoms with Gasteiger partial charge in [0.15, 0.2) is 0 Å². The maximum atomic E-state index is 10.5. The fourth-order valence-corrected chi connectivity index (χ4v) is 4.30. The summed E-state index contributed by atoms with van der Waals surface area (Å²) in [7, 11) is 0. The Hall–Kier alpha value is -2.69. The molecule has 190 valence electrons. The molecule has 2 heterocycles. The average Bonchev–Trinajstić information content (AvgIpc) is 3.20. The second-order valence-electron chi connectivity index (χ2n) is 9.46. The van der Waals surface area contributed by atoms with Crippen molar-refractivity contribution in [3.8, 4) is 11.6 Å². The average molecular weight is 487 g/mol. The van der Waals surface area contributed by atoms with Crippen LogP contribution in [0.4, 0.5) is 0 Å². The Balaban J connectivity index is 1.69. The van der Waals surface area contributed by atoms with Crippen LogP contribution in [0.3, 0.4) is 0 Å². The van der Waals surface area contributed by atoms with Gasteiger partial charge >= 0.3 is 0 Å². The lowest BCUT2D eigenvalue weighted by Gasteiger charge is -2.39. The summed E-state index contributed by atoms with van der Waals surface area (Å²) in [5, 5.41) is 45.6. The van der Waals surface area contributed by atoms with Gasteiger partial charge in [-0.15, -0.1) is 5.10 Å². The number of fused-ring (bicyclic) bond motifs is 1. The Morgan fingerprint density at radius 3 is 2.31 bits per heavy atom. The second-order valence-corrected chi connectivity index (χ2v) is 9.46. The predicted octanol–water partition coefficient (Wildman–Crippen LogP) is 2.17. The summed E-state index contributed by atoms with van der Waals surface area (Å²) in [4.78, 5) is 0. The summed E-state index contributed by atoms with van der Waals surface area (Å²) in [6.45, 7) is 7.44. The van der Waals surface area contributed by atoms with Gasteiger partial charge in [-0.1, -0.05) is 24.3 Å². The quantitative estimate of drug-likeness (QED) is 0.382. The number of ether oxygens (including phenoxy) is 3. The van der Waals surface area contributed by atoms with Crippen molar-refractivity contribution in [1.82, 2.24) is 9.78 Å². The molecule has 4 N–H and O–H groups in total. The van der Waals surface area contributed by atoms with E-state index in [-0.39, 0.29) is 18.0 Å². The summed E-state index contributed by atoms with van der Waals surface area (Å²) >= 11 is 0. The molecular formula is C26H34N2O7. The molecule has 0 saturated carbocycles. The molecule has 3 aromatic rings. The van der Waals surface area contributed by atoms with Gasteiger partial charge < -0.3 is 34.6 Å². The molecule has 2 aromatic carbocycles. The van der Waals surface area contributed by atoms with Gasteiger partial charge in [-0.2, -0.15) is 0 Å². The minimum Gasteiger partial charge on any atom is -0.491 e. The molecule has 0 amide bonds. The van der Waals surface area contributed by atoms with Crippen molar-refractivity contribution in [2.45, 2.75) is 77.0 Å². The lowest BCUT2D eigenvalue weighted by atomic mass is 9.99. The first-order chi connectivity index (χ1) is 16.7. The van der Waals surface area contributed by atoms with Crippen LogP contribution < -0.4 is 9.47 Å². The van der Waals surface area contributed by atoms with Crippen molar-refractivity contribution in [2.75, 3.05) is 6.61 Å². The highest BCUT2D eigenvalue weighted by molar-refractivity contribution is 5.88. The molecule has 1 fully saturated rings. The van der Waals surface area contributed by atoms with Crippen molar-refractivity contribution >= 4 is 10.9 Å². The van der Waals surface area contributed by atoms with Crippen LogP contribution in [0.25, 0.3) is 10.9 Å². The van der Waals surface area contributed by atoms with Gasteiger partial charge in [-0.05, 0) is 63.4 Å². The van der Waals surface area contributed by atoms with Gasteiger partial charge in [0.1, 0.15) is 30.2 Å². The molecule has 35 heavy (non-hydrogen) atoms. The van der Waals surface area contributed by atoms with Crippen LogP contribution in [0.15, 0.2) is 42.5 Å². The number of benzene rings is 2. The standard InChI is InChI=1S/C26H34N2O7/c1-14(2)28-19-7-5-6-17(12-16-8-10-18(11-9-16)33-15(3)4)21(19)25(27-28)35-26-24(32)23(31)22(30)20(13-29)34-26/h5-11,14-15,20,22-24,26,29-32H,12-13H2,1-4H3/t20-,22-,23+,24-,26+/m1/s1. The third-order valence-corrected chi connectivity index (χ3v) is 6.04. The van der Waals surface area contributed by atoms with Gasteiger partial charge in [0.25, 0.3) is 0 Å². The van der Waals surface area contributed by atoms with Crippen LogP contribution in [0.5, 0.6) is 11.6 Å². The van der Waals surface area contributed by atoms with E-state index >= 15 is 0 Å². The normalized spacial score (nSPS) is 24.9. The lowest BCUT2D eigenvalue weighted by Crippen LogP contribution is -2.60. The molecule has 9 nitrogen and oxygen atoms in total. The minimum absolute atomic E-state index is 0.0346. The number of hydrogen-bond acceptors (Lipinski definition) is 8. The largest absolute Gasteiger partial charge is 0.491 e. The van der Waals surface area contributed by atoms with Gasteiger partial charge in [0, 0.05) is 6.04 Å². The van der Waals surface area contributed by atoms with E-state index in [1.54, 1.807) is 0 Å². The minimum atomic E-state index is -1.53. The Labute approximate surface area is 204 Å². The zero-order valence-electron chi connectivity index (χ0n) is 20.4. The second kappa shape index (κ2) is 10.5. The molecule has 0 radical (unpaired) electrons. The van der Waals surface area contributed by atoms with E-state index in [1.807, 2.05) is 74.8 Å². The Morgan fingerprint density at radius 2 is 1.69 bits per heavy atom. The van der Waals surface area contributed by atoms with Crippen molar-refractivity contribution in [3.05, 3.63) is 53.6 Å². The Morgan fingerprint density at radius 1 is 0.971 bits per heavy atom. The van der Waals surface area contributed by atoms with Gasteiger partial charge in [-0.25, -0.2) is 0 Å². The molecule has 1 aliphatic rings. The molecule has 0 spiro atoms. The van der Waals surface area contributed by atoms with E-state index in [9.17, 15) is 20.4 Å². The maximum Gasteiger partial charge on any atom is 0.243 e. The fraction of sp³-hybridized carbons (Fsp3) is 0.500. The summed E-state index contributed by atoms with van der Waals surface area (Å²) in [6.07, 6.45) is -6.19. The van der Waals surface area contributed by atoms with E-state index in [4.69, 9.17) is 14.2 Å². The smallest absolute Gasteiger partial charge is 0.243 e. The highest BCUT2D eigenvalue weighted by Crippen LogP contribution is 2.34. The van der Waals surface area contributed by atoms with Crippen LogP contribution in [-0.2, 0) is 11.2 Å². The van der Waals surface area contributed by atoms with Crippen molar-refractivity contribution < 1.29 is 34.6 Å². The Kier molecular flexibility index (Phi) is 7.63. The van der Waals surface area contributed by atoms with Crippen LogP contribution in [0, 0.1) is 0 Å². The molecule has 1 aromatic heterocycles. The van der Waals surface area contributed by atoms with E-state index in [0.717, 1.165) is 27.8 Å². The zero-order valence-corrected chi connectivity index (χ0v) is 20.4. The molecular weight excluding hydrogens is 452 g/mol. The highest BCUT2D eigenvalue weighted by Gasteiger charge is 2.45. The molecule has 1 saturated heterocycles. The van der Waals surface area contributed by atoms with Crippen LogP contribution in [0.1, 0.15) is 44.9 Å². The topological polar surface area (TPSA) is 126 Å². The molecule has 5 atom stereocenters. The molecule has 4 rings (SSSR count). The number of hydrogen-bond donors (Lipinski definition) is 4. The maximum absolute atomic E-state index is 10.5. The third-order valence-electron chi connectivity index (χ3n) is 6.04. The van der Waals surface area contributed by atoms with E-state index in [2.05, 4.69) is 5.10 Å². The first-order valence-electron chi connectivity index (χ1n) is 11.9. The number of aliphatic hydroxyl groups excluding tert-OH is 4. The summed E-state index contributed by atoms with van der Waals surface area (Å²) in [5.74, 6) is 1.05. The van der Waals surface area contributed by atoms with E-state index in [0.29, 0.717) is 6.42 Å². The fourth-order valence-electron chi connectivity index (χ4n) is 4.30. The number of rotatable bonds is 8. The highest BCUT2D eigenvalue weighted by atomic mass is 16.7. The molecule has 1 aliphatic heterocycles. The molecule has 9 heteroatoms. The first-order valence-corrected chi connectivity index (χ1v) is 11.9. The van der Waals surface area contributed by atoms with Crippen molar-refractivity contribution in [1.29, 1.82) is 0 Å². The lowest BCUT2D eigenvalue weighted by molar-refractivity contribution is -0.278. The van der Waals surface area contributed by atoms with Gasteiger partial charge in [0.05, 0.1) is 23.6 Å². The molecule has 0 bridgehead atoms. The van der Waals surface area contributed by atoms with E-state index < -0.39 is 37.3 Å². The Bertz CT molecular complexity index is 1130. The van der Waals surface area contributed by atoms with Crippen molar-refractivity contribution in [3.63, 3.8) is 0 Å². The third kappa shape index (κ3) is 5.29. The van der Waals surface area contributed by atoms with E-state index in [1.165, 1.54) is 0 Å². The van der Waals surface area contributed by atoms with Crippen molar-refractivity contribution in [2.24, 2.45) is 0 Å². The molecule has 0 aliphatic carbocycles. The summed E-state index contributed by atoms with van der Waals surface area (Å²) in [6, 6.07) is 13.9. The molecule has 0 unspecified atom stereocenters. The van der Waals surface area contributed by atoms with Crippen LogP contribution >= 0.6 is 0 Å². The number of aromatic nitrogens is 2. The summed E-state index contributed by atoms with van der Waals surface area (Å²) < 4.78 is 19.1. The number of nitrogens with zero attached hydrogens (tertiary/aromatic N) is 2. The van der Waals surface area contributed by atoms with Crippen LogP contribution in [0.2, 0.25) is 0 Å². The van der Waals surface area contributed by atoms with Gasteiger partial charge in [-0.3, -0.25) is 4.68 Å². The summed E-state index contributed by atoms with van der Waals surface area (Å²) in [5.41, 5.74) is 2.90. The SMILES string of the molecule is CC(C)Oc1ccc(Cc2cccc3c2c(O[C@@H]2O[C@H](CO)[C@@H](O)[C@H](O)[C@H]2O)nn3C(C)C)cc1. The number of aliphatic hydroxyl groups is 4. The monoisotopic (exact) mass is 486 g/mol. The van der Waals surface area contributed by atoms with Crippen LogP contribution in [-0.4, -0.2) is 73.6 Å². The van der Waals surface area contributed by atoms with Gasteiger partial charge in [0.2, 0.25) is 12.2 Å². The first kappa shape index (κ1) is 25.4. The zero-order chi connectivity index (χ0) is 25.3. The predicted molar refractivity (Wildman–Crippen MR) is 130 cm³/mol.